The third kappa shape index (κ3) is 4.16. The van der Waals surface area contributed by atoms with Gasteiger partial charge in [0.25, 0.3) is 0 Å². The van der Waals surface area contributed by atoms with Crippen LogP contribution < -0.4 is 0 Å². The van der Waals surface area contributed by atoms with Crippen LogP contribution in [0.2, 0.25) is 0 Å². The molecule has 0 radical (unpaired) electrons. The molecule has 0 rings (SSSR count). The summed E-state index contributed by atoms with van der Waals surface area (Å²) in [5.41, 5.74) is 0. The van der Waals surface area contributed by atoms with Crippen molar-refractivity contribution in [3.05, 3.63) is 12.7 Å². The van der Waals surface area contributed by atoms with Gasteiger partial charge in [0.15, 0.2) is 0 Å². The van der Waals surface area contributed by atoms with Gasteiger partial charge in [-0.2, -0.15) is 0 Å². The number of amides is 1. The number of rotatable bonds is 5. The van der Waals surface area contributed by atoms with Crippen molar-refractivity contribution in [3.63, 3.8) is 0 Å². The minimum absolute atomic E-state index is 0.00736. The highest BCUT2D eigenvalue weighted by atomic mass is 79.9. The van der Waals surface area contributed by atoms with Crippen LogP contribution in [0.25, 0.3) is 0 Å². The van der Waals surface area contributed by atoms with Crippen LogP contribution >= 0.6 is 15.9 Å². The molecule has 0 spiro atoms. The number of nitrogens with zero attached hydrogens (tertiary/aromatic N) is 1. The Labute approximate surface area is 74.8 Å². The summed E-state index contributed by atoms with van der Waals surface area (Å²) in [4.78, 5) is 12.5. The Balaban J connectivity index is 3.86. The molecule has 0 saturated carbocycles. The first-order chi connectivity index (χ1) is 5.26. The van der Waals surface area contributed by atoms with Gasteiger partial charge in [0.05, 0.1) is 11.9 Å². The van der Waals surface area contributed by atoms with Gasteiger partial charge in [-0.15, -0.1) is 6.58 Å². The van der Waals surface area contributed by atoms with Crippen LogP contribution in [0.15, 0.2) is 12.7 Å². The standard InChI is InChI=1S/C7H12BrNO2/c1-2-3-9(4-5-10)7(11)6-8/h2,10H,1,3-6H2. The fourth-order valence-electron chi connectivity index (χ4n) is 0.679. The third-order valence-electron chi connectivity index (χ3n) is 1.19. The van der Waals surface area contributed by atoms with Crippen molar-refractivity contribution in [3.8, 4) is 0 Å². The second-order valence-corrected chi connectivity index (χ2v) is 2.55. The maximum atomic E-state index is 11.0. The lowest BCUT2D eigenvalue weighted by molar-refractivity contribution is -0.128. The Hall–Kier alpha value is -0.350. The van der Waals surface area contributed by atoms with Crippen molar-refractivity contribution in [2.75, 3.05) is 25.0 Å². The van der Waals surface area contributed by atoms with Crippen molar-refractivity contribution >= 4 is 21.8 Å². The van der Waals surface area contributed by atoms with Crippen LogP contribution in [-0.2, 0) is 4.79 Å². The van der Waals surface area contributed by atoms with E-state index in [4.69, 9.17) is 5.11 Å². The predicted molar refractivity (Wildman–Crippen MR) is 47.7 cm³/mol. The van der Waals surface area contributed by atoms with Gasteiger partial charge in [-0.05, 0) is 0 Å². The number of alkyl halides is 1. The van der Waals surface area contributed by atoms with Crippen molar-refractivity contribution in [1.82, 2.24) is 4.90 Å². The fourth-order valence-corrected chi connectivity index (χ4v) is 1.03. The summed E-state index contributed by atoms with van der Waals surface area (Å²) in [5, 5.41) is 8.86. The van der Waals surface area contributed by atoms with Crippen LogP contribution in [0.5, 0.6) is 0 Å². The molecule has 64 valence electrons. The molecule has 0 unspecified atom stereocenters. The zero-order valence-corrected chi connectivity index (χ0v) is 7.88. The molecule has 0 aromatic heterocycles. The van der Waals surface area contributed by atoms with E-state index in [1.54, 1.807) is 6.08 Å². The van der Waals surface area contributed by atoms with Gasteiger partial charge in [0.1, 0.15) is 0 Å². The molecule has 11 heavy (non-hydrogen) atoms. The minimum atomic E-state index is -0.0287. The largest absolute Gasteiger partial charge is 0.395 e. The number of carbonyl (C=O) groups excluding carboxylic acids is 1. The smallest absolute Gasteiger partial charge is 0.233 e. The zero-order chi connectivity index (χ0) is 8.69. The molecule has 0 heterocycles. The molecule has 0 aliphatic rings. The van der Waals surface area contributed by atoms with E-state index in [0.717, 1.165) is 0 Å². The lowest BCUT2D eigenvalue weighted by atomic mass is 10.4. The van der Waals surface area contributed by atoms with Crippen LogP contribution in [0.3, 0.4) is 0 Å². The number of carbonyl (C=O) groups is 1. The molecule has 0 saturated heterocycles. The average Bonchev–Trinajstić information content (AvgIpc) is 2.03. The van der Waals surface area contributed by atoms with E-state index < -0.39 is 0 Å². The van der Waals surface area contributed by atoms with Gasteiger partial charge in [-0.25, -0.2) is 0 Å². The van der Waals surface area contributed by atoms with Gasteiger partial charge >= 0.3 is 0 Å². The van der Waals surface area contributed by atoms with Crippen molar-refractivity contribution in [2.45, 2.75) is 0 Å². The summed E-state index contributed by atoms with van der Waals surface area (Å²) in [6.07, 6.45) is 1.64. The maximum Gasteiger partial charge on any atom is 0.233 e. The average molecular weight is 222 g/mol. The van der Waals surface area contributed by atoms with E-state index in [1.165, 1.54) is 4.90 Å². The minimum Gasteiger partial charge on any atom is -0.395 e. The third-order valence-corrected chi connectivity index (χ3v) is 1.67. The summed E-state index contributed by atoms with van der Waals surface area (Å²) in [7, 11) is 0. The summed E-state index contributed by atoms with van der Waals surface area (Å²) in [6, 6.07) is 0. The fraction of sp³-hybridized carbons (Fsp3) is 0.571. The molecule has 0 aromatic carbocycles. The molecule has 3 nitrogen and oxygen atoms in total. The van der Waals surface area contributed by atoms with E-state index in [2.05, 4.69) is 22.5 Å². The van der Waals surface area contributed by atoms with Gasteiger partial charge in [0.2, 0.25) is 5.91 Å². The Kier molecular flexibility index (Phi) is 6.16. The van der Waals surface area contributed by atoms with E-state index in [1.807, 2.05) is 0 Å². The molecular weight excluding hydrogens is 210 g/mol. The predicted octanol–water partition coefficient (Wildman–Crippen LogP) is 0.388. The maximum absolute atomic E-state index is 11.0. The molecule has 4 heteroatoms. The van der Waals surface area contributed by atoms with Gasteiger partial charge < -0.3 is 10.0 Å². The molecule has 1 N–H and O–H groups in total. The molecule has 0 bridgehead atoms. The molecule has 0 aliphatic heterocycles. The number of hydrogen-bond acceptors (Lipinski definition) is 2. The first-order valence-electron chi connectivity index (χ1n) is 3.31. The second kappa shape index (κ2) is 6.37. The van der Waals surface area contributed by atoms with E-state index in [0.29, 0.717) is 18.4 Å². The summed E-state index contributed by atoms with van der Waals surface area (Å²) in [5.74, 6) is -0.0287. The molecular formula is C7H12BrNO2. The zero-order valence-electron chi connectivity index (χ0n) is 6.29. The number of aliphatic hydroxyl groups is 1. The van der Waals surface area contributed by atoms with Crippen LogP contribution in [0.1, 0.15) is 0 Å². The van der Waals surface area contributed by atoms with Crippen LogP contribution in [-0.4, -0.2) is 40.9 Å². The highest BCUT2D eigenvalue weighted by Crippen LogP contribution is 1.93. The first-order valence-corrected chi connectivity index (χ1v) is 4.44. The normalized spacial score (nSPS) is 9.27. The SMILES string of the molecule is C=CCN(CCO)C(=O)CBr. The van der Waals surface area contributed by atoms with Crippen molar-refractivity contribution in [1.29, 1.82) is 0 Å². The number of aliphatic hydroxyl groups excluding tert-OH is 1. The summed E-state index contributed by atoms with van der Waals surface area (Å²) < 4.78 is 0. The monoisotopic (exact) mass is 221 g/mol. The molecule has 0 aliphatic carbocycles. The Bertz CT molecular complexity index is 138. The first kappa shape index (κ1) is 10.7. The van der Waals surface area contributed by atoms with E-state index in [9.17, 15) is 4.79 Å². The van der Waals surface area contributed by atoms with E-state index >= 15 is 0 Å². The van der Waals surface area contributed by atoms with Crippen molar-refractivity contribution < 1.29 is 9.90 Å². The van der Waals surface area contributed by atoms with Gasteiger partial charge in [-0.1, -0.05) is 22.0 Å². The van der Waals surface area contributed by atoms with Crippen LogP contribution in [0, 0.1) is 0 Å². The highest BCUT2D eigenvalue weighted by Gasteiger charge is 2.08. The molecule has 0 fully saturated rings. The highest BCUT2D eigenvalue weighted by molar-refractivity contribution is 9.09. The number of halogens is 1. The molecule has 0 atom stereocenters. The molecule has 0 aromatic rings. The number of hydrogen-bond donors (Lipinski definition) is 1. The van der Waals surface area contributed by atoms with Crippen LogP contribution in [0.4, 0.5) is 0 Å². The lowest BCUT2D eigenvalue weighted by Gasteiger charge is -2.18. The summed E-state index contributed by atoms with van der Waals surface area (Å²) >= 11 is 3.05. The molecule has 1 amide bonds. The Morgan fingerprint density at radius 3 is 2.73 bits per heavy atom. The summed E-state index contributed by atoms with van der Waals surface area (Å²) in [6.45, 7) is 4.36. The quantitative estimate of drug-likeness (QED) is 0.540. The van der Waals surface area contributed by atoms with Gasteiger partial charge in [0, 0.05) is 13.1 Å². The lowest BCUT2D eigenvalue weighted by Crippen LogP contribution is -2.34. The Morgan fingerprint density at radius 1 is 1.73 bits per heavy atom. The van der Waals surface area contributed by atoms with Crippen molar-refractivity contribution in [2.24, 2.45) is 0 Å². The van der Waals surface area contributed by atoms with E-state index in [-0.39, 0.29) is 12.5 Å². The Morgan fingerprint density at radius 2 is 2.36 bits per heavy atom. The van der Waals surface area contributed by atoms with Gasteiger partial charge in [-0.3, -0.25) is 4.79 Å². The second-order valence-electron chi connectivity index (χ2n) is 1.99. The topological polar surface area (TPSA) is 40.5 Å².